The molecule has 0 spiro atoms. The quantitative estimate of drug-likeness (QED) is 0.819. The molecule has 1 fully saturated rings. The second-order valence-corrected chi connectivity index (χ2v) is 7.42. The Morgan fingerprint density at radius 1 is 1.12 bits per heavy atom. The fourth-order valence-electron chi connectivity index (χ4n) is 3.33. The molecule has 1 aliphatic rings. The molecule has 132 valence electrons. The fraction of sp³-hybridized carbons (Fsp3) is 0.350. The molecule has 1 aliphatic heterocycles. The molecule has 0 aromatic heterocycles. The molecule has 1 unspecified atom stereocenters. The van der Waals surface area contributed by atoms with E-state index in [9.17, 15) is 4.79 Å². The van der Waals surface area contributed by atoms with Crippen LogP contribution in [0.1, 0.15) is 36.9 Å². The van der Waals surface area contributed by atoms with E-state index < -0.39 is 0 Å². The number of carbonyl (C=O) groups excluding carboxylic acids is 1. The molecule has 25 heavy (non-hydrogen) atoms. The highest BCUT2D eigenvalue weighted by Gasteiger charge is 2.27. The Morgan fingerprint density at radius 2 is 1.88 bits per heavy atom. The van der Waals surface area contributed by atoms with Crippen molar-refractivity contribution in [2.45, 2.75) is 31.8 Å². The van der Waals surface area contributed by atoms with Gasteiger partial charge in [-0.3, -0.25) is 4.79 Å². The topological polar surface area (TPSA) is 41.1 Å². The average molecular weight is 377 g/mol. The molecule has 3 rings (SSSR count). The van der Waals surface area contributed by atoms with Crippen LogP contribution < -0.4 is 10.6 Å². The van der Waals surface area contributed by atoms with Crippen LogP contribution in [-0.4, -0.2) is 18.5 Å². The Balaban J connectivity index is 1.86. The SMILES string of the molecule is C[C@H]1C[C@@H](C(=O)NC(c2ccccc2)c2ccc(Cl)c(Cl)c2)CCN1. The van der Waals surface area contributed by atoms with Crippen molar-refractivity contribution in [3.63, 3.8) is 0 Å². The molecule has 2 aromatic rings. The zero-order valence-corrected chi connectivity index (χ0v) is 15.6. The summed E-state index contributed by atoms with van der Waals surface area (Å²) in [5.74, 6) is 0.124. The van der Waals surface area contributed by atoms with Gasteiger partial charge in [-0.15, -0.1) is 0 Å². The first-order valence-corrected chi connectivity index (χ1v) is 9.34. The molecule has 5 heteroatoms. The first-order valence-electron chi connectivity index (χ1n) is 8.58. The van der Waals surface area contributed by atoms with Crippen LogP contribution in [-0.2, 0) is 4.79 Å². The Hall–Kier alpha value is -1.55. The number of hydrogen-bond acceptors (Lipinski definition) is 2. The minimum absolute atomic E-state index is 0.0326. The highest BCUT2D eigenvalue weighted by molar-refractivity contribution is 6.42. The molecular weight excluding hydrogens is 355 g/mol. The predicted molar refractivity (Wildman–Crippen MR) is 103 cm³/mol. The monoisotopic (exact) mass is 376 g/mol. The number of rotatable bonds is 4. The zero-order chi connectivity index (χ0) is 17.8. The number of piperidine rings is 1. The molecule has 1 saturated heterocycles. The maximum absolute atomic E-state index is 12.9. The van der Waals surface area contributed by atoms with Crippen molar-refractivity contribution in [1.82, 2.24) is 10.6 Å². The predicted octanol–water partition coefficient (Wildman–Crippen LogP) is 4.59. The van der Waals surface area contributed by atoms with Crippen LogP contribution in [0.5, 0.6) is 0 Å². The molecule has 2 aromatic carbocycles. The van der Waals surface area contributed by atoms with E-state index in [0.29, 0.717) is 16.1 Å². The highest BCUT2D eigenvalue weighted by Crippen LogP contribution is 2.29. The summed E-state index contributed by atoms with van der Waals surface area (Å²) in [5.41, 5.74) is 1.95. The molecule has 3 atom stereocenters. The lowest BCUT2D eigenvalue weighted by atomic mass is 9.91. The van der Waals surface area contributed by atoms with Gasteiger partial charge in [0.2, 0.25) is 5.91 Å². The summed E-state index contributed by atoms with van der Waals surface area (Å²) in [5, 5.41) is 7.60. The van der Waals surface area contributed by atoms with Gasteiger partial charge in [0.1, 0.15) is 0 Å². The van der Waals surface area contributed by atoms with Crippen LogP contribution in [0.2, 0.25) is 10.0 Å². The van der Waals surface area contributed by atoms with Crippen molar-refractivity contribution < 1.29 is 4.79 Å². The summed E-state index contributed by atoms with van der Waals surface area (Å²) in [7, 11) is 0. The lowest BCUT2D eigenvalue weighted by molar-refractivity contribution is -0.126. The number of hydrogen-bond donors (Lipinski definition) is 2. The molecular formula is C20H22Cl2N2O. The Morgan fingerprint density at radius 3 is 2.56 bits per heavy atom. The van der Waals surface area contributed by atoms with Crippen molar-refractivity contribution in [3.8, 4) is 0 Å². The highest BCUT2D eigenvalue weighted by atomic mass is 35.5. The van der Waals surface area contributed by atoms with Gasteiger partial charge in [0.15, 0.2) is 0 Å². The van der Waals surface area contributed by atoms with Crippen LogP contribution in [0, 0.1) is 5.92 Å². The summed E-state index contributed by atoms with van der Waals surface area (Å²) in [6, 6.07) is 15.6. The van der Waals surface area contributed by atoms with Crippen molar-refractivity contribution in [2.75, 3.05) is 6.54 Å². The van der Waals surface area contributed by atoms with Crippen molar-refractivity contribution in [2.24, 2.45) is 5.92 Å². The lowest BCUT2D eigenvalue weighted by Crippen LogP contribution is -2.43. The van der Waals surface area contributed by atoms with Crippen LogP contribution >= 0.6 is 23.2 Å². The molecule has 3 nitrogen and oxygen atoms in total. The summed E-state index contributed by atoms with van der Waals surface area (Å²) < 4.78 is 0. The summed E-state index contributed by atoms with van der Waals surface area (Å²) in [4.78, 5) is 12.9. The summed E-state index contributed by atoms with van der Waals surface area (Å²) in [6.45, 7) is 3.00. The van der Waals surface area contributed by atoms with Gasteiger partial charge < -0.3 is 10.6 Å². The second kappa shape index (κ2) is 8.22. The number of amides is 1. The lowest BCUT2D eigenvalue weighted by Gasteiger charge is -2.29. The molecule has 0 radical (unpaired) electrons. The Kier molecular flexibility index (Phi) is 6.00. The third-order valence-electron chi connectivity index (χ3n) is 4.69. The van der Waals surface area contributed by atoms with E-state index in [0.717, 1.165) is 30.5 Å². The van der Waals surface area contributed by atoms with Gasteiger partial charge in [-0.2, -0.15) is 0 Å². The van der Waals surface area contributed by atoms with Gasteiger partial charge in [0, 0.05) is 12.0 Å². The largest absolute Gasteiger partial charge is 0.345 e. The van der Waals surface area contributed by atoms with Gasteiger partial charge in [-0.05, 0) is 49.6 Å². The molecule has 0 bridgehead atoms. The molecule has 2 N–H and O–H groups in total. The minimum atomic E-state index is -0.242. The van der Waals surface area contributed by atoms with Crippen molar-refractivity contribution >= 4 is 29.1 Å². The van der Waals surface area contributed by atoms with E-state index >= 15 is 0 Å². The number of benzene rings is 2. The van der Waals surface area contributed by atoms with Gasteiger partial charge in [0.25, 0.3) is 0 Å². The fourth-order valence-corrected chi connectivity index (χ4v) is 3.63. The van der Waals surface area contributed by atoms with E-state index in [1.54, 1.807) is 6.07 Å². The molecule has 0 aliphatic carbocycles. The van der Waals surface area contributed by atoms with Crippen molar-refractivity contribution in [1.29, 1.82) is 0 Å². The van der Waals surface area contributed by atoms with Crippen LogP contribution in [0.15, 0.2) is 48.5 Å². The average Bonchev–Trinajstić information content (AvgIpc) is 2.62. The van der Waals surface area contributed by atoms with Crippen LogP contribution in [0.3, 0.4) is 0 Å². The van der Waals surface area contributed by atoms with E-state index in [1.165, 1.54) is 0 Å². The summed E-state index contributed by atoms with van der Waals surface area (Å²) in [6.07, 6.45) is 1.72. The van der Waals surface area contributed by atoms with Crippen LogP contribution in [0.4, 0.5) is 0 Å². The first-order chi connectivity index (χ1) is 12.0. The Bertz CT molecular complexity index is 736. The summed E-state index contributed by atoms with van der Waals surface area (Å²) >= 11 is 12.2. The van der Waals surface area contributed by atoms with Gasteiger partial charge in [0.05, 0.1) is 16.1 Å². The number of halogens is 2. The normalized spacial score (nSPS) is 21.6. The maximum atomic E-state index is 12.9. The van der Waals surface area contributed by atoms with Gasteiger partial charge in [-0.25, -0.2) is 0 Å². The minimum Gasteiger partial charge on any atom is -0.345 e. The maximum Gasteiger partial charge on any atom is 0.223 e. The molecule has 0 saturated carbocycles. The Labute approximate surface area is 158 Å². The standard InChI is InChI=1S/C20H22Cl2N2O/c1-13-11-16(9-10-23-13)20(25)24-19(14-5-3-2-4-6-14)15-7-8-17(21)18(22)12-15/h2-8,12-13,16,19,23H,9-11H2,1H3,(H,24,25)/t13-,16-,19?/m0/s1. The number of carbonyl (C=O) groups is 1. The number of nitrogens with one attached hydrogen (secondary N) is 2. The van der Waals surface area contributed by atoms with Gasteiger partial charge in [-0.1, -0.05) is 59.6 Å². The third-order valence-corrected chi connectivity index (χ3v) is 5.43. The smallest absolute Gasteiger partial charge is 0.223 e. The second-order valence-electron chi connectivity index (χ2n) is 6.60. The molecule has 1 heterocycles. The molecule has 1 amide bonds. The zero-order valence-electron chi connectivity index (χ0n) is 14.1. The van der Waals surface area contributed by atoms with Gasteiger partial charge >= 0.3 is 0 Å². The van der Waals surface area contributed by atoms with Crippen molar-refractivity contribution in [3.05, 3.63) is 69.7 Å². The third kappa shape index (κ3) is 4.55. The van der Waals surface area contributed by atoms with E-state index in [-0.39, 0.29) is 17.9 Å². The first kappa shape index (κ1) is 18.2. The van der Waals surface area contributed by atoms with Crippen LogP contribution in [0.25, 0.3) is 0 Å². The van der Waals surface area contributed by atoms with E-state index in [1.807, 2.05) is 42.5 Å². The van der Waals surface area contributed by atoms with E-state index in [4.69, 9.17) is 23.2 Å². The van der Waals surface area contributed by atoms with E-state index in [2.05, 4.69) is 17.6 Å².